The van der Waals surface area contributed by atoms with E-state index in [9.17, 15) is 9.18 Å². The molecule has 0 unspecified atom stereocenters. The van der Waals surface area contributed by atoms with Gasteiger partial charge in [0.15, 0.2) is 0 Å². The van der Waals surface area contributed by atoms with Crippen LogP contribution in [0.2, 0.25) is 0 Å². The van der Waals surface area contributed by atoms with Crippen LogP contribution in [0.1, 0.15) is 6.42 Å². The van der Waals surface area contributed by atoms with Gasteiger partial charge in [0.05, 0.1) is 11.4 Å². The van der Waals surface area contributed by atoms with Crippen molar-refractivity contribution >= 4 is 28.8 Å². The third-order valence-electron chi connectivity index (χ3n) is 1.44. The van der Waals surface area contributed by atoms with Crippen LogP contribution in [-0.4, -0.2) is 10.9 Å². The lowest BCUT2D eigenvalue weighted by Crippen LogP contribution is -2.20. The normalized spacial score (nSPS) is 9.50. The number of thiocarbonyl (C=S) groups is 1. The van der Waals surface area contributed by atoms with E-state index in [1.165, 1.54) is 18.2 Å². The van der Waals surface area contributed by atoms with E-state index < -0.39 is 5.82 Å². The Hall–Kier alpha value is -1.49. The van der Waals surface area contributed by atoms with Gasteiger partial charge < -0.3 is 11.1 Å². The zero-order valence-electron chi connectivity index (χ0n) is 7.29. The van der Waals surface area contributed by atoms with E-state index in [0.717, 1.165) is 0 Å². The van der Waals surface area contributed by atoms with Crippen LogP contribution in [0.3, 0.4) is 0 Å². The molecule has 0 aliphatic heterocycles. The van der Waals surface area contributed by atoms with E-state index >= 15 is 0 Å². The molecule has 0 aliphatic carbocycles. The summed E-state index contributed by atoms with van der Waals surface area (Å²) in [5, 5.41) is 2.47. The lowest BCUT2D eigenvalue weighted by Gasteiger charge is -2.03. The lowest BCUT2D eigenvalue weighted by molar-refractivity contribution is -0.115. The second-order valence-corrected chi connectivity index (χ2v) is 3.23. The Morgan fingerprint density at radius 1 is 1.57 bits per heavy atom. The third-order valence-corrected chi connectivity index (χ3v) is 1.59. The average molecular weight is 212 g/mol. The number of hydrogen-bond donors (Lipinski definition) is 2. The molecule has 0 saturated heterocycles. The second-order valence-electron chi connectivity index (χ2n) is 2.70. The number of carbonyl (C=O) groups excluding carboxylic acids is 1. The highest BCUT2D eigenvalue weighted by Gasteiger charge is 2.03. The zero-order chi connectivity index (χ0) is 10.6. The molecule has 0 aromatic heterocycles. The summed E-state index contributed by atoms with van der Waals surface area (Å²) in [7, 11) is 0. The first kappa shape index (κ1) is 10.6. The number of anilines is 1. The Morgan fingerprint density at radius 3 is 2.86 bits per heavy atom. The monoisotopic (exact) mass is 212 g/mol. The first-order valence-corrected chi connectivity index (χ1v) is 4.32. The minimum atomic E-state index is -0.405. The molecule has 5 heteroatoms. The Morgan fingerprint density at radius 2 is 2.29 bits per heavy atom. The van der Waals surface area contributed by atoms with Crippen LogP contribution in [-0.2, 0) is 4.79 Å². The molecule has 0 radical (unpaired) electrons. The molecular formula is C9H9FN2OS. The van der Waals surface area contributed by atoms with Gasteiger partial charge in [0.1, 0.15) is 5.82 Å². The highest BCUT2D eigenvalue weighted by atomic mass is 32.1. The van der Waals surface area contributed by atoms with Crippen molar-refractivity contribution in [2.75, 3.05) is 5.32 Å². The highest BCUT2D eigenvalue weighted by molar-refractivity contribution is 7.80. The Bertz CT molecular complexity index is 368. The topological polar surface area (TPSA) is 55.1 Å². The Kier molecular flexibility index (Phi) is 3.53. The maximum Gasteiger partial charge on any atom is 0.231 e. The third kappa shape index (κ3) is 3.49. The van der Waals surface area contributed by atoms with Gasteiger partial charge in [-0.2, -0.15) is 0 Å². The molecule has 74 valence electrons. The maximum atomic E-state index is 12.7. The summed E-state index contributed by atoms with van der Waals surface area (Å²) < 4.78 is 12.7. The van der Waals surface area contributed by atoms with Gasteiger partial charge in [0, 0.05) is 5.69 Å². The molecule has 0 atom stereocenters. The fourth-order valence-electron chi connectivity index (χ4n) is 0.930. The fraction of sp³-hybridized carbons (Fsp3) is 0.111. The number of amides is 1. The number of rotatable bonds is 3. The van der Waals surface area contributed by atoms with E-state index in [0.29, 0.717) is 5.69 Å². The smallest absolute Gasteiger partial charge is 0.231 e. The summed E-state index contributed by atoms with van der Waals surface area (Å²) >= 11 is 4.56. The van der Waals surface area contributed by atoms with E-state index in [4.69, 9.17) is 5.73 Å². The number of hydrogen-bond acceptors (Lipinski definition) is 2. The molecule has 1 aromatic rings. The van der Waals surface area contributed by atoms with Crippen LogP contribution in [0, 0.1) is 5.82 Å². The molecular weight excluding hydrogens is 203 g/mol. The summed E-state index contributed by atoms with van der Waals surface area (Å²) in [4.78, 5) is 11.2. The Labute approximate surface area is 86.1 Å². The van der Waals surface area contributed by atoms with Crippen LogP contribution in [0.15, 0.2) is 24.3 Å². The predicted molar refractivity (Wildman–Crippen MR) is 56.4 cm³/mol. The van der Waals surface area contributed by atoms with Gasteiger partial charge in [0.25, 0.3) is 0 Å². The zero-order valence-corrected chi connectivity index (χ0v) is 8.10. The number of halogens is 1. The van der Waals surface area contributed by atoms with Gasteiger partial charge in [-0.3, -0.25) is 4.79 Å². The fourth-order valence-corrected chi connectivity index (χ4v) is 1.06. The van der Waals surface area contributed by atoms with Gasteiger partial charge in [0.2, 0.25) is 5.91 Å². The first-order valence-electron chi connectivity index (χ1n) is 3.91. The number of carbonyl (C=O) groups is 1. The molecule has 3 N–H and O–H groups in total. The maximum absolute atomic E-state index is 12.7. The minimum absolute atomic E-state index is 0.0359. The second kappa shape index (κ2) is 4.66. The highest BCUT2D eigenvalue weighted by Crippen LogP contribution is 2.09. The molecule has 0 aliphatic rings. The van der Waals surface area contributed by atoms with Gasteiger partial charge in [-0.15, -0.1) is 0 Å². The SMILES string of the molecule is NC(=S)CC(=O)Nc1cccc(F)c1. The quantitative estimate of drug-likeness (QED) is 0.745. The van der Waals surface area contributed by atoms with Crippen LogP contribution < -0.4 is 11.1 Å². The van der Waals surface area contributed by atoms with Crippen LogP contribution in [0.5, 0.6) is 0 Å². The molecule has 1 rings (SSSR count). The molecule has 0 spiro atoms. The summed E-state index contributed by atoms with van der Waals surface area (Å²) in [6, 6.07) is 5.60. The molecule has 0 saturated carbocycles. The van der Waals surface area contributed by atoms with Crippen molar-refractivity contribution < 1.29 is 9.18 Å². The number of nitrogens with one attached hydrogen (secondary N) is 1. The summed E-state index contributed by atoms with van der Waals surface area (Å²) in [6.07, 6.45) is -0.0359. The van der Waals surface area contributed by atoms with Gasteiger partial charge in [-0.25, -0.2) is 4.39 Å². The number of nitrogens with two attached hydrogens (primary N) is 1. The van der Waals surface area contributed by atoms with Gasteiger partial charge in [-0.1, -0.05) is 18.3 Å². The average Bonchev–Trinajstić information content (AvgIpc) is 2.01. The van der Waals surface area contributed by atoms with Gasteiger partial charge in [-0.05, 0) is 18.2 Å². The van der Waals surface area contributed by atoms with Crippen molar-refractivity contribution in [3.8, 4) is 0 Å². The molecule has 0 heterocycles. The standard InChI is InChI=1S/C9H9FN2OS/c10-6-2-1-3-7(4-6)12-9(13)5-8(11)14/h1-4H,5H2,(H2,11,14)(H,12,13). The molecule has 0 fully saturated rings. The minimum Gasteiger partial charge on any atom is -0.393 e. The van der Waals surface area contributed by atoms with E-state index in [1.807, 2.05) is 0 Å². The largest absolute Gasteiger partial charge is 0.393 e. The van der Waals surface area contributed by atoms with E-state index in [1.54, 1.807) is 6.07 Å². The van der Waals surface area contributed by atoms with Crippen molar-refractivity contribution in [2.24, 2.45) is 5.73 Å². The van der Waals surface area contributed by atoms with Gasteiger partial charge >= 0.3 is 0 Å². The van der Waals surface area contributed by atoms with E-state index in [2.05, 4.69) is 17.5 Å². The Balaban J connectivity index is 2.60. The summed E-state index contributed by atoms with van der Waals surface area (Å²) in [5.41, 5.74) is 5.57. The molecule has 0 bridgehead atoms. The van der Waals surface area contributed by atoms with Crippen molar-refractivity contribution in [3.05, 3.63) is 30.1 Å². The van der Waals surface area contributed by atoms with Crippen molar-refractivity contribution in [1.82, 2.24) is 0 Å². The molecule has 3 nitrogen and oxygen atoms in total. The lowest BCUT2D eigenvalue weighted by atomic mass is 10.3. The first-order chi connectivity index (χ1) is 6.58. The van der Waals surface area contributed by atoms with Crippen LogP contribution >= 0.6 is 12.2 Å². The van der Waals surface area contributed by atoms with E-state index in [-0.39, 0.29) is 17.3 Å². The predicted octanol–water partition coefficient (Wildman–Crippen LogP) is 1.44. The van der Waals surface area contributed by atoms with Crippen molar-refractivity contribution in [2.45, 2.75) is 6.42 Å². The summed E-state index contributed by atoms with van der Waals surface area (Å²) in [6.45, 7) is 0. The molecule has 1 amide bonds. The van der Waals surface area contributed by atoms with Crippen molar-refractivity contribution in [3.63, 3.8) is 0 Å². The van der Waals surface area contributed by atoms with Crippen LogP contribution in [0.4, 0.5) is 10.1 Å². The summed E-state index contributed by atoms with van der Waals surface area (Å²) in [5.74, 6) is -0.749. The molecule has 14 heavy (non-hydrogen) atoms. The van der Waals surface area contributed by atoms with Crippen LogP contribution in [0.25, 0.3) is 0 Å². The van der Waals surface area contributed by atoms with Crippen molar-refractivity contribution in [1.29, 1.82) is 0 Å². The number of benzene rings is 1. The molecule has 1 aromatic carbocycles.